The highest BCUT2D eigenvalue weighted by Gasteiger charge is 2.31. The first-order chi connectivity index (χ1) is 6.67. The summed E-state index contributed by atoms with van der Waals surface area (Å²) in [6.07, 6.45) is -0.645. The summed E-state index contributed by atoms with van der Waals surface area (Å²) in [6, 6.07) is 0. The number of aliphatic hydroxyl groups excluding tert-OH is 1. The highest BCUT2D eigenvalue weighted by molar-refractivity contribution is 5.81. The Morgan fingerprint density at radius 3 is 2.93 bits per heavy atom. The van der Waals surface area contributed by atoms with Gasteiger partial charge in [0.1, 0.15) is 0 Å². The van der Waals surface area contributed by atoms with Gasteiger partial charge in [0.05, 0.1) is 18.8 Å². The smallest absolute Gasteiger partial charge is 0.153 e. The highest BCUT2D eigenvalue weighted by atomic mass is 16.5. The molecular formula is C8H17N3O3. The lowest BCUT2D eigenvalue weighted by molar-refractivity contribution is -0.00236. The van der Waals surface area contributed by atoms with Crippen LogP contribution in [-0.2, 0) is 4.74 Å². The number of amidine groups is 1. The molecule has 0 aliphatic carbocycles. The number of aliphatic hydroxyl groups is 1. The molecule has 0 aromatic heterocycles. The van der Waals surface area contributed by atoms with Gasteiger partial charge in [0.2, 0.25) is 0 Å². The van der Waals surface area contributed by atoms with Crippen LogP contribution in [-0.4, -0.2) is 59.5 Å². The summed E-state index contributed by atoms with van der Waals surface area (Å²) >= 11 is 0. The van der Waals surface area contributed by atoms with Crippen molar-refractivity contribution < 1.29 is 15.1 Å². The summed E-state index contributed by atoms with van der Waals surface area (Å²) in [5.41, 5.74) is 5.35. The Morgan fingerprint density at radius 2 is 2.36 bits per heavy atom. The van der Waals surface area contributed by atoms with Gasteiger partial charge >= 0.3 is 0 Å². The van der Waals surface area contributed by atoms with Crippen molar-refractivity contribution in [3.8, 4) is 0 Å². The molecule has 1 aliphatic rings. The molecule has 4 N–H and O–H groups in total. The van der Waals surface area contributed by atoms with Crippen LogP contribution in [0, 0.1) is 0 Å². The van der Waals surface area contributed by atoms with Crippen LogP contribution in [0.2, 0.25) is 0 Å². The molecule has 2 atom stereocenters. The Morgan fingerprint density at radius 1 is 1.64 bits per heavy atom. The van der Waals surface area contributed by atoms with Crippen molar-refractivity contribution in [1.29, 1.82) is 0 Å². The molecule has 6 nitrogen and oxygen atoms in total. The molecule has 0 aromatic rings. The van der Waals surface area contributed by atoms with E-state index in [9.17, 15) is 5.11 Å². The zero-order valence-corrected chi connectivity index (χ0v) is 8.26. The van der Waals surface area contributed by atoms with Crippen LogP contribution in [0.3, 0.4) is 0 Å². The number of oxime groups is 1. The molecule has 0 radical (unpaired) electrons. The summed E-state index contributed by atoms with van der Waals surface area (Å²) in [4.78, 5) is 1.89. The Kier molecular flexibility index (Phi) is 4.12. The highest BCUT2D eigenvalue weighted by Crippen LogP contribution is 2.12. The maximum atomic E-state index is 9.57. The zero-order chi connectivity index (χ0) is 10.6. The molecule has 1 saturated heterocycles. The molecule has 1 fully saturated rings. The summed E-state index contributed by atoms with van der Waals surface area (Å²) < 4.78 is 5.33. The number of ether oxygens (including phenoxy) is 1. The van der Waals surface area contributed by atoms with Crippen molar-refractivity contribution >= 4 is 5.84 Å². The van der Waals surface area contributed by atoms with Gasteiger partial charge in [-0.1, -0.05) is 5.16 Å². The van der Waals surface area contributed by atoms with Crippen LogP contribution in [0.5, 0.6) is 0 Å². The average Bonchev–Trinajstić information content (AvgIpc) is 2.47. The maximum absolute atomic E-state index is 9.57. The number of likely N-dealkylation sites (tertiary alicyclic amines) is 1. The van der Waals surface area contributed by atoms with Crippen LogP contribution < -0.4 is 5.73 Å². The third kappa shape index (κ3) is 2.83. The molecule has 1 rings (SSSR count). The van der Waals surface area contributed by atoms with E-state index in [4.69, 9.17) is 15.7 Å². The van der Waals surface area contributed by atoms with Crippen molar-refractivity contribution in [3.05, 3.63) is 0 Å². The fraction of sp³-hybridized carbons (Fsp3) is 0.875. The first kappa shape index (κ1) is 11.2. The topological polar surface area (TPSA) is 91.3 Å². The fourth-order valence-corrected chi connectivity index (χ4v) is 1.60. The minimum atomic E-state index is -0.485. The van der Waals surface area contributed by atoms with Gasteiger partial charge in [-0.05, 0) is 6.92 Å². The monoisotopic (exact) mass is 203 g/mol. The number of hydrogen-bond acceptors (Lipinski definition) is 5. The number of β-amino-alcohol motifs (C(OH)–C–C–N with tert-alkyl or cyclic N) is 1. The van der Waals surface area contributed by atoms with Gasteiger partial charge in [0.15, 0.2) is 5.84 Å². The van der Waals surface area contributed by atoms with Crippen LogP contribution >= 0.6 is 0 Å². The summed E-state index contributed by atoms with van der Waals surface area (Å²) in [6.45, 7) is 3.95. The minimum absolute atomic E-state index is 0.148. The summed E-state index contributed by atoms with van der Waals surface area (Å²) in [5, 5.41) is 20.8. The summed E-state index contributed by atoms with van der Waals surface area (Å²) in [7, 11) is 0. The van der Waals surface area contributed by atoms with E-state index in [0.29, 0.717) is 26.2 Å². The van der Waals surface area contributed by atoms with Gasteiger partial charge in [-0.25, -0.2) is 0 Å². The van der Waals surface area contributed by atoms with E-state index >= 15 is 0 Å². The van der Waals surface area contributed by atoms with Gasteiger partial charge < -0.3 is 20.8 Å². The standard InChI is InChI=1S/C8H17N3O3/c1-2-14-7-4-11(3-6(7)12)5-8(9)10-13/h6-7,12-13H,2-5H2,1H3,(H2,9,10)/t6-,7+/m0/s1. The van der Waals surface area contributed by atoms with Gasteiger partial charge in [-0.2, -0.15) is 0 Å². The second-order valence-corrected chi connectivity index (χ2v) is 3.35. The first-order valence-corrected chi connectivity index (χ1v) is 4.65. The van der Waals surface area contributed by atoms with Crippen molar-refractivity contribution in [2.24, 2.45) is 10.9 Å². The predicted molar refractivity (Wildman–Crippen MR) is 51.3 cm³/mol. The van der Waals surface area contributed by atoms with Gasteiger partial charge in [0, 0.05) is 19.7 Å². The lowest BCUT2D eigenvalue weighted by Gasteiger charge is -2.14. The normalized spacial score (nSPS) is 29.7. The third-order valence-corrected chi connectivity index (χ3v) is 2.21. The SMILES string of the molecule is CCO[C@@H]1CN(CC(N)=NO)C[C@@H]1O. The van der Waals surface area contributed by atoms with Crippen LogP contribution in [0.1, 0.15) is 6.92 Å². The van der Waals surface area contributed by atoms with Crippen LogP contribution in [0.15, 0.2) is 5.16 Å². The molecular weight excluding hydrogens is 186 g/mol. The largest absolute Gasteiger partial charge is 0.409 e. The van der Waals surface area contributed by atoms with E-state index < -0.39 is 6.10 Å². The molecule has 14 heavy (non-hydrogen) atoms. The van der Waals surface area contributed by atoms with E-state index in [1.54, 1.807) is 0 Å². The van der Waals surface area contributed by atoms with E-state index in [1.807, 2.05) is 11.8 Å². The van der Waals surface area contributed by atoms with Crippen molar-refractivity contribution in [3.63, 3.8) is 0 Å². The first-order valence-electron chi connectivity index (χ1n) is 4.65. The second kappa shape index (κ2) is 5.14. The molecule has 0 saturated carbocycles. The number of rotatable bonds is 4. The molecule has 0 aromatic carbocycles. The number of hydrogen-bond donors (Lipinski definition) is 3. The van der Waals surface area contributed by atoms with E-state index in [2.05, 4.69) is 5.16 Å². The Bertz CT molecular complexity index is 210. The quantitative estimate of drug-likeness (QED) is 0.231. The Balaban J connectivity index is 2.38. The van der Waals surface area contributed by atoms with Crippen molar-refractivity contribution in [2.45, 2.75) is 19.1 Å². The van der Waals surface area contributed by atoms with Crippen molar-refractivity contribution in [1.82, 2.24) is 4.90 Å². The predicted octanol–water partition coefficient (Wildman–Crippen LogP) is -1.19. The Labute approximate surface area is 82.9 Å². The Hall–Kier alpha value is -0.850. The van der Waals surface area contributed by atoms with E-state index in [-0.39, 0.29) is 11.9 Å². The average molecular weight is 203 g/mol. The molecule has 0 amide bonds. The molecule has 0 bridgehead atoms. The molecule has 0 spiro atoms. The third-order valence-electron chi connectivity index (χ3n) is 2.21. The number of nitrogens with zero attached hydrogens (tertiary/aromatic N) is 2. The zero-order valence-electron chi connectivity index (χ0n) is 8.26. The van der Waals surface area contributed by atoms with E-state index in [1.165, 1.54) is 0 Å². The van der Waals surface area contributed by atoms with Crippen LogP contribution in [0.4, 0.5) is 0 Å². The maximum Gasteiger partial charge on any atom is 0.153 e. The fourth-order valence-electron chi connectivity index (χ4n) is 1.60. The van der Waals surface area contributed by atoms with E-state index in [0.717, 1.165) is 0 Å². The van der Waals surface area contributed by atoms with Gasteiger partial charge in [0.25, 0.3) is 0 Å². The number of nitrogens with two attached hydrogens (primary N) is 1. The molecule has 82 valence electrons. The lowest BCUT2D eigenvalue weighted by atomic mass is 10.3. The van der Waals surface area contributed by atoms with Gasteiger partial charge in [-0.3, -0.25) is 4.90 Å². The van der Waals surface area contributed by atoms with Gasteiger partial charge in [-0.15, -0.1) is 0 Å². The molecule has 1 heterocycles. The molecule has 6 heteroatoms. The minimum Gasteiger partial charge on any atom is -0.409 e. The molecule has 1 aliphatic heterocycles. The molecule has 0 unspecified atom stereocenters. The lowest BCUT2D eigenvalue weighted by Crippen LogP contribution is -2.33. The van der Waals surface area contributed by atoms with Crippen molar-refractivity contribution in [2.75, 3.05) is 26.2 Å². The summed E-state index contributed by atoms with van der Waals surface area (Å²) in [5.74, 6) is 0.148. The second-order valence-electron chi connectivity index (χ2n) is 3.35. The van der Waals surface area contributed by atoms with Crippen LogP contribution in [0.25, 0.3) is 0 Å².